The van der Waals surface area contributed by atoms with Crippen molar-refractivity contribution < 1.29 is 27.9 Å². The fourth-order valence-corrected chi connectivity index (χ4v) is 3.46. The molecule has 0 radical (unpaired) electrons. The Balaban J connectivity index is 0.000000321. The van der Waals surface area contributed by atoms with Gasteiger partial charge in [0.05, 0.1) is 5.69 Å². The molecule has 6 nitrogen and oxygen atoms in total. The van der Waals surface area contributed by atoms with Gasteiger partial charge in [0.25, 0.3) is 5.91 Å². The molecule has 146 valence electrons. The maximum Gasteiger partial charge on any atom is 0.490 e. The first-order chi connectivity index (χ1) is 12.7. The van der Waals surface area contributed by atoms with Crippen LogP contribution in [-0.2, 0) is 24.2 Å². The number of halogens is 3. The van der Waals surface area contributed by atoms with Crippen molar-refractivity contribution in [2.24, 2.45) is 5.73 Å². The number of hydrogen-bond acceptors (Lipinski definition) is 5. The van der Waals surface area contributed by atoms with Gasteiger partial charge in [-0.2, -0.15) is 13.2 Å². The van der Waals surface area contributed by atoms with E-state index in [4.69, 9.17) is 15.6 Å². The van der Waals surface area contributed by atoms with E-state index in [1.165, 1.54) is 21.8 Å². The van der Waals surface area contributed by atoms with Gasteiger partial charge < -0.3 is 10.8 Å². The molecule has 3 N–H and O–H groups in total. The standard InChI is InChI=1S/C15H17N3OS.C2HF3O2/c16-14(19)15-17-12-6-8-18(9-7-13(12)20-15)10-11-4-2-1-3-5-11;3-2(4,5)1(6)7/h1-5H,6-10H2,(H2,16,19);(H,6,7). The molecule has 0 unspecified atom stereocenters. The number of carboxylic acid groups (broad SMARTS) is 1. The van der Waals surface area contributed by atoms with Crippen LogP contribution in [0.15, 0.2) is 30.3 Å². The van der Waals surface area contributed by atoms with Crippen LogP contribution in [0.2, 0.25) is 0 Å². The molecule has 10 heteroatoms. The van der Waals surface area contributed by atoms with E-state index in [1.54, 1.807) is 0 Å². The van der Waals surface area contributed by atoms with Crippen molar-refractivity contribution in [1.29, 1.82) is 0 Å². The lowest BCUT2D eigenvalue weighted by Gasteiger charge is -2.19. The summed E-state index contributed by atoms with van der Waals surface area (Å²) < 4.78 is 31.7. The van der Waals surface area contributed by atoms with Gasteiger partial charge in [0.2, 0.25) is 0 Å². The SMILES string of the molecule is NC(=O)c1nc2c(s1)CCN(Cc1ccccc1)CC2.O=C(O)C(F)(F)F. The summed E-state index contributed by atoms with van der Waals surface area (Å²) >= 11 is 1.45. The van der Waals surface area contributed by atoms with Crippen LogP contribution in [0, 0.1) is 0 Å². The van der Waals surface area contributed by atoms with Crippen molar-refractivity contribution >= 4 is 23.2 Å². The Morgan fingerprint density at radius 1 is 1.19 bits per heavy atom. The third kappa shape index (κ3) is 6.33. The van der Waals surface area contributed by atoms with Crippen molar-refractivity contribution in [3.05, 3.63) is 51.5 Å². The van der Waals surface area contributed by atoms with E-state index in [2.05, 4.69) is 34.1 Å². The molecule has 0 saturated carbocycles. The van der Waals surface area contributed by atoms with E-state index in [1.807, 2.05) is 6.07 Å². The quantitative estimate of drug-likeness (QED) is 0.824. The zero-order valence-corrected chi connectivity index (χ0v) is 15.0. The van der Waals surface area contributed by atoms with Crippen LogP contribution in [0.4, 0.5) is 13.2 Å². The topological polar surface area (TPSA) is 96.5 Å². The number of aromatic nitrogens is 1. The number of hydrogen-bond donors (Lipinski definition) is 2. The van der Waals surface area contributed by atoms with Crippen LogP contribution in [0.3, 0.4) is 0 Å². The summed E-state index contributed by atoms with van der Waals surface area (Å²) in [6.07, 6.45) is -3.24. The summed E-state index contributed by atoms with van der Waals surface area (Å²) in [6, 6.07) is 10.5. The predicted molar refractivity (Wildman–Crippen MR) is 93.4 cm³/mol. The molecule has 1 aromatic heterocycles. The van der Waals surface area contributed by atoms with Gasteiger partial charge in [0, 0.05) is 30.9 Å². The number of rotatable bonds is 3. The summed E-state index contributed by atoms with van der Waals surface area (Å²) in [5.74, 6) is -3.17. The van der Waals surface area contributed by atoms with Crippen LogP contribution in [-0.4, -0.2) is 46.1 Å². The van der Waals surface area contributed by atoms with Crippen LogP contribution in [0.5, 0.6) is 0 Å². The highest BCUT2D eigenvalue weighted by Gasteiger charge is 2.38. The minimum atomic E-state index is -5.08. The normalized spacial score (nSPS) is 14.5. The van der Waals surface area contributed by atoms with E-state index in [0.29, 0.717) is 5.01 Å². The molecule has 0 aliphatic carbocycles. The lowest BCUT2D eigenvalue weighted by molar-refractivity contribution is -0.192. The number of primary amides is 1. The summed E-state index contributed by atoms with van der Waals surface area (Å²) in [7, 11) is 0. The molecular formula is C17H18F3N3O3S. The number of fused-ring (bicyclic) bond motifs is 1. The molecule has 1 aliphatic rings. The molecule has 0 fully saturated rings. The summed E-state index contributed by atoms with van der Waals surface area (Å²) in [5, 5.41) is 7.58. The van der Waals surface area contributed by atoms with Crippen LogP contribution < -0.4 is 5.73 Å². The van der Waals surface area contributed by atoms with E-state index in [-0.39, 0.29) is 0 Å². The maximum atomic E-state index is 11.2. The summed E-state index contributed by atoms with van der Waals surface area (Å²) in [4.78, 5) is 28.1. The third-order valence-corrected chi connectivity index (χ3v) is 4.97. The molecule has 3 rings (SSSR count). The van der Waals surface area contributed by atoms with Gasteiger partial charge >= 0.3 is 12.1 Å². The second-order valence-corrected chi connectivity index (χ2v) is 6.90. The first-order valence-corrected chi connectivity index (χ1v) is 8.83. The Hall–Kier alpha value is -2.46. The van der Waals surface area contributed by atoms with Gasteiger partial charge in [0.15, 0.2) is 5.01 Å². The summed E-state index contributed by atoms with van der Waals surface area (Å²) in [5.41, 5.74) is 7.68. The third-order valence-electron chi connectivity index (χ3n) is 3.80. The minimum Gasteiger partial charge on any atom is -0.475 e. The Kier molecular flexibility index (Phi) is 6.92. The lowest BCUT2D eigenvalue weighted by Crippen LogP contribution is -2.26. The Morgan fingerprint density at radius 3 is 2.33 bits per heavy atom. The Bertz CT molecular complexity index is 768. The lowest BCUT2D eigenvalue weighted by atomic mass is 10.2. The maximum absolute atomic E-state index is 11.2. The van der Waals surface area contributed by atoms with Gasteiger partial charge in [-0.3, -0.25) is 9.69 Å². The average Bonchev–Trinajstić information content (AvgIpc) is 2.93. The van der Waals surface area contributed by atoms with Gasteiger partial charge in [-0.15, -0.1) is 11.3 Å². The fraction of sp³-hybridized carbons (Fsp3) is 0.353. The number of nitrogens with two attached hydrogens (primary N) is 1. The van der Waals surface area contributed by atoms with Gasteiger partial charge in [0.1, 0.15) is 0 Å². The number of thiazole rings is 1. The van der Waals surface area contributed by atoms with Crippen molar-refractivity contribution in [3.63, 3.8) is 0 Å². The molecule has 2 aromatic rings. The molecule has 1 amide bonds. The van der Waals surface area contributed by atoms with Crippen LogP contribution in [0.1, 0.15) is 25.9 Å². The van der Waals surface area contributed by atoms with E-state index in [0.717, 1.165) is 38.2 Å². The molecular weight excluding hydrogens is 383 g/mol. The molecule has 2 heterocycles. The van der Waals surface area contributed by atoms with Gasteiger partial charge in [-0.05, 0) is 12.0 Å². The van der Waals surface area contributed by atoms with E-state index >= 15 is 0 Å². The van der Waals surface area contributed by atoms with Gasteiger partial charge in [-0.25, -0.2) is 9.78 Å². The van der Waals surface area contributed by atoms with Crippen molar-refractivity contribution in [3.8, 4) is 0 Å². The van der Waals surface area contributed by atoms with Crippen molar-refractivity contribution in [1.82, 2.24) is 9.88 Å². The Labute approximate surface area is 157 Å². The number of nitrogens with zero attached hydrogens (tertiary/aromatic N) is 2. The molecule has 0 bridgehead atoms. The number of carbonyl (C=O) groups excluding carboxylic acids is 1. The molecule has 0 spiro atoms. The molecule has 0 atom stereocenters. The number of aliphatic carboxylic acids is 1. The first kappa shape index (κ1) is 20.8. The smallest absolute Gasteiger partial charge is 0.475 e. The van der Waals surface area contributed by atoms with Crippen LogP contribution in [0.25, 0.3) is 0 Å². The van der Waals surface area contributed by atoms with Crippen LogP contribution >= 0.6 is 11.3 Å². The van der Waals surface area contributed by atoms with E-state index in [9.17, 15) is 18.0 Å². The largest absolute Gasteiger partial charge is 0.490 e. The highest BCUT2D eigenvalue weighted by Crippen LogP contribution is 2.23. The number of alkyl halides is 3. The first-order valence-electron chi connectivity index (χ1n) is 8.01. The molecule has 1 aromatic carbocycles. The summed E-state index contributed by atoms with van der Waals surface area (Å²) in [6.45, 7) is 2.95. The zero-order chi connectivity index (χ0) is 20.0. The monoisotopic (exact) mass is 401 g/mol. The number of benzene rings is 1. The highest BCUT2D eigenvalue weighted by molar-refractivity contribution is 7.13. The second-order valence-electron chi connectivity index (χ2n) is 5.82. The van der Waals surface area contributed by atoms with Crippen molar-refractivity contribution in [2.75, 3.05) is 13.1 Å². The number of carbonyl (C=O) groups is 2. The second kappa shape index (κ2) is 8.96. The molecule has 0 saturated heterocycles. The van der Waals surface area contributed by atoms with E-state index < -0.39 is 18.1 Å². The average molecular weight is 401 g/mol. The number of amides is 1. The zero-order valence-electron chi connectivity index (χ0n) is 14.2. The molecule has 1 aliphatic heterocycles. The highest BCUT2D eigenvalue weighted by atomic mass is 32.1. The number of carboxylic acids is 1. The predicted octanol–water partition coefficient (Wildman–Crippen LogP) is 2.48. The van der Waals surface area contributed by atoms with Crippen molar-refractivity contribution in [2.45, 2.75) is 25.6 Å². The molecule has 27 heavy (non-hydrogen) atoms. The minimum absolute atomic E-state index is 0.413. The Morgan fingerprint density at radius 2 is 1.78 bits per heavy atom. The van der Waals surface area contributed by atoms with Gasteiger partial charge in [-0.1, -0.05) is 30.3 Å². The fourth-order valence-electron chi connectivity index (χ4n) is 2.51.